The van der Waals surface area contributed by atoms with Crippen molar-refractivity contribution < 1.29 is 19.1 Å². The topological polar surface area (TPSA) is 76.6 Å². The van der Waals surface area contributed by atoms with Gasteiger partial charge in [-0.2, -0.15) is 0 Å². The lowest BCUT2D eigenvalue weighted by atomic mass is 9.62. The van der Waals surface area contributed by atoms with Crippen molar-refractivity contribution in [3.8, 4) is 17.6 Å². The van der Waals surface area contributed by atoms with E-state index < -0.39 is 5.92 Å². The van der Waals surface area contributed by atoms with Crippen molar-refractivity contribution in [3.63, 3.8) is 0 Å². The third-order valence-corrected chi connectivity index (χ3v) is 7.20. The van der Waals surface area contributed by atoms with E-state index >= 15 is 0 Å². The van der Waals surface area contributed by atoms with Gasteiger partial charge < -0.3 is 9.64 Å². The monoisotopic (exact) mass is 458 g/mol. The number of likely N-dealkylation sites (tertiary alicyclic amines) is 1. The lowest BCUT2D eigenvalue weighted by Crippen LogP contribution is -2.48. The summed E-state index contributed by atoms with van der Waals surface area (Å²) in [7, 11) is 1.55. The summed E-state index contributed by atoms with van der Waals surface area (Å²) in [6.07, 6.45) is 3.57. The fourth-order valence-electron chi connectivity index (χ4n) is 5.48. The first-order chi connectivity index (χ1) is 16.3. The van der Waals surface area contributed by atoms with Crippen molar-refractivity contribution >= 4 is 17.5 Å². The molecule has 2 fully saturated rings. The number of benzene rings is 1. The quantitative estimate of drug-likeness (QED) is 0.513. The largest absolute Gasteiger partial charge is 0.495 e. The molecule has 1 spiro atoms. The van der Waals surface area contributed by atoms with E-state index in [2.05, 4.69) is 16.8 Å². The molecule has 1 aromatic heterocycles. The molecule has 6 heteroatoms. The Morgan fingerprint density at radius 2 is 1.71 bits per heavy atom. The zero-order chi connectivity index (χ0) is 24.5. The van der Waals surface area contributed by atoms with E-state index in [4.69, 9.17) is 4.74 Å². The first kappa shape index (κ1) is 23.7. The highest BCUT2D eigenvalue weighted by atomic mass is 16.5. The van der Waals surface area contributed by atoms with Crippen LogP contribution in [-0.2, 0) is 9.59 Å². The number of carbonyl (C=O) groups is 3. The van der Waals surface area contributed by atoms with E-state index in [0.717, 1.165) is 22.3 Å². The average Bonchev–Trinajstić information content (AvgIpc) is 2.81. The third kappa shape index (κ3) is 4.48. The van der Waals surface area contributed by atoms with Crippen molar-refractivity contribution in [3.05, 3.63) is 58.4 Å². The number of ether oxygens (including phenoxy) is 1. The van der Waals surface area contributed by atoms with Crippen molar-refractivity contribution in [1.82, 2.24) is 9.88 Å². The van der Waals surface area contributed by atoms with Crippen LogP contribution in [0.1, 0.15) is 71.3 Å². The molecule has 0 N–H and O–H groups in total. The molecular weight excluding hydrogens is 428 g/mol. The number of carbonyl (C=O) groups excluding carboxylic acids is 3. The van der Waals surface area contributed by atoms with Gasteiger partial charge in [0.2, 0.25) is 0 Å². The van der Waals surface area contributed by atoms with Crippen LogP contribution in [0.25, 0.3) is 0 Å². The van der Waals surface area contributed by atoms with E-state index in [1.807, 2.05) is 26.0 Å². The molecule has 0 bridgehead atoms. The molecule has 1 saturated heterocycles. The van der Waals surface area contributed by atoms with Crippen LogP contribution in [0.2, 0.25) is 0 Å². The van der Waals surface area contributed by atoms with Crippen LogP contribution in [0.3, 0.4) is 0 Å². The predicted molar refractivity (Wildman–Crippen MR) is 129 cm³/mol. The van der Waals surface area contributed by atoms with Gasteiger partial charge in [0.25, 0.3) is 5.91 Å². The molecule has 1 aliphatic heterocycles. The Labute approximate surface area is 200 Å². The van der Waals surface area contributed by atoms with E-state index in [9.17, 15) is 14.4 Å². The summed E-state index contributed by atoms with van der Waals surface area (Å²) in [5.41, 5.74) is 3.63. The van der Waals surface area contributed by atoms with E-state index in [0.29, 0.717) is 50.2 Å². The van der Waals surface area contributed by atoms with Gasteiger partial charge in [-0.05, 0) is 80.0 Å². The summed E-state index contributed by atoms with van der Waals surface area (Å²) in [6, 6.07) is 7.30. The van der Waals surface area contributed by atoms with E-state index in [-0.39, 0.29) is 22.9 Å². The van der Waals surface area contributed by atoms with Crippen molar-refractivity contribution in [1.29, 1.82) is 0 Å². The standard InChI is InChI=1S/C28H30N2O4/c1-5-6-20-13-18(2)25(19(3)14-20)26-23(31)15-28(16-24(26)32)9-11-30(12-10-28)27(33)22-8-7-21(34-4)17-29-22/h7-8,13-14,17,26H,9-12,15-16H2,1-4H3. The summed E-state index contributed by atoms with van der Waals surface area (Å²) < 4.78 is 5.10. The van der Waals surface area contributed by atoms with Crippen LogP contribution < -0.4 is 4.74 Å². The van der Waals surface area contributed by atoms with Crippen LogP contribution in [0, 0.1) is 31.1 Å². The molecule has 0 unspecified atom stereocenters. The van der Waals surface area contributed by atoms with Gasteiger partial charge >= 0.3 is 0 Å². The maximum absolute atomic E-state index is 13.3. The molecule has 1 aliphatic carbocycles. The van der Waals surface area contributed by atoms with Crippen LogP contribution in [0.5, 0.6) is 5.75 Å². The Bertz CT molecular complexity index is 1150. The summed E-state index contributed by atoms with van der Waals surface area (Å²) in [4.78, 5) is 45.5. The second-order valence-corrected chi connectivity index (χ2v) is 9.49. The maximum Gasteiger partial charge on any atom is 0.272 e. The first-order valence-electron chi connectivity index (χ1n) is 11.7. The molecule has 4 rings (SSSR count). The molecule has 2 aliphatic rings. The second kappa shape index (κ2) is 9.42. The van der Waals surface area contributed by atoms with Gasteiger partial charge in [-0.3, -0.25) is 14.4 Å². The van der Waals surface area contributed by atoms with E-state index in [1.165, 1.54) is 6.20 Å². The molecule has 2 aromatic rings. The number of hydrogen-bond donors (Lipinski definition) is 0. The summed E-state index contributed by atoms with van der Waals surface area (Å²) in [6.45, 7) is 6.72. The Kier molecular flexibility index (Phi) is 6.56. The predicted octanol–water partition coefficient (Wildman–Crippen LogP) is 4.02. The SMILES string of the molecule is CC#Cc1cc(C)c(C2C(=O)CC3(CCN(C(=O)c4ccc(OC)cn4)CC3)CC2=O)c(C)c1. The fourth-order valence-corrected chi connectivity index (χ4v) is 5.48. The summed E-state index contributed by atoms with van der Waals surface area (Å²) in [5, 5.41) is 0. The highest BCUT2D eigenvalue weighted by Crippen LogP contribution is 2.46. The van der Waals surface area contributed by atoms with Gasteiger partial charge in [-0.25, -0.2) is 4.98 Å². The molecule has 176 valence electrons. The second-order valence-electron chi connectivity index (χ2n) is 9.49. The zero-order valence-corrected chi connectivity index (χ0v) is 20.2. The lowest BCUT2D eigenvalue weighted by Gasteiger charge is -2.44. The Morgan fingerprint density at radius 1 is 1.09 bits per heavy atom. The highest BCUT2D eigenvalue weighted by Gasteiger charge is 2.47. The molecule has 0 atom stereocenters. The minimum Gasteiger partial charge on any atom is -0.495 e. The van der Waals surface area contributed by atoms with Gasteiger partial charge in [-0.15, -0.1) is 5.92 Å². The minimum absolute atomic E-state index is 0.00614. The molecule has 34 heavy (non-hydrogen) atoms. The summed E-state index contributed by atoms with van der Waals surface area (Å²) in [5.74, 6) is 5.71. The van der Waals surface area contributed by atoms with Gasteiger partial charge in [0.1, 0.15) is 28.9 Å². The number of amides is 1. The summed E-state index contributed by atoms with van der Waals surface area (Å²) >= 11 is 0. The Morgan fingerprint density at radius 3 is 2.21 bits per heavy atom. The number of hydrogen-bond acceptors (Lipinski definition) is 5. The van der Waals surface area contributed by atoms with Crippen LogP contribution in [0.4, 0.5) is 0 Å². The molecule has 2 heterocycles. The van der Waals surface area contributed by atoms with Gasteiger partial charge in [-0.1, -0.05) is 5.92 Å². The van der Waals surface area contributed by atoms with Crippen LogP contribution >= 0.6 is 0 Å². The average molecular weight is 459 g/mol. The maximum atomic E-state index is 13.3. The number of aromatic nitrogens is 1. The number of ketones is 2. The number of Topliss-reactive ketones (excluding diaryl/α,β-unsaturated/α-hetero) is 2. The normalized spacial score (nSPS) is 17.9. The first-order valence-corrected chi connectivity index (χ1v) is 11.7. The lowest BCUT2D eigenvalue weighted by molar-refractivity contribution is -0.138. The molecule has 1 aromatic carbocycles. The Balaban J connectivity index is 1.47. The molecule has 6 nitrogen and oxygen atoms in total. The third-order valence-electron chi connectivity index (χ3n) is 7.20. The van der Waals surface area contributed by atoms with Gasteiger partial charge in [0, 0.05) is 31.5 Å². The zero-order valence-electron chi connectivity index (χ0n) is 20.2. The Hall–Kier alpha value is -3.46. The number of rotatable bonds is 3. The molecule has 1 saturated carbocycles. The molecule has 0 radical (unpaired) electrons. The smallest absolute Gasteiger partial charge is 0.272 e. The van der Waals surface area contributed by atoms with Gasteiger partial charge in [0.15, 0.2) is 0 Å². The van der Waals surface area contributed by atoms with Crippen LogP contribution in [0.15, 0.2) is 30.5 Å². The van der Waals surface area contributed by atoms with Crippen molar-refractivity contribution in [2.24, 2.45) is 5.41 Å². The fraction of sp³-hybridized carbons (Fsp3) is 0.429. The molecular formula is C28H30N2O4. The van der Waals surface area contributed by atoms with Crippen molar-refractivity contribution in [2.75, 3.05) is 20.2 Å². The number of piperidine rings is 1. The van der Waals surface area contributed by atoms with E-state index in [1.54, 1.807) is 31.1 Å². The van der Waals surface area contributed by atoms with Gasteiger partial charge in [0.05, 0.1) is 13.3 Å². The minimum atomic E-state index is -0.697. The molecule has 1 amide bonds. The highest BCUT2D eigenvalue weighted by molar-refractivity contribution is 6.10. The number of aryl methyl sites for hydroxylation is 2. The van der Waals surface area contributed by atoms with Crippen LogP contribution in [-0.4, -0.2) is 47.6 Å². The van der Waals surface area contributed by atoms with Crippen molar-refractivity contribution in [2.45, 2.75) is 52.4 Å². The number of pyridine rings is 1. The number of nitrogens with zero attached hydrogens (tertiary/aromatic N) is 2. The number of methoxy groups -OCH3 is 1.